The molecule has 25 heavy (non-hydrogen) atoms. The third-order valence-electron chi connectivity index (χ3n) is 3.93. The molecule has 2 aromatic rings. The van der Waals surface area contributed by atoms with Crippen molar-refractivity contribution in [2.24, 2.45) is 0 Å². The zero-order valence-corrected chi connectivity index (χ0v) is 13.9. The lowest BCUT2D eigenvalue weighted by atomic mass is 10.1. The van der Waals surface area contributed by atoms with Crippen LogP contribution in [0.15, 0.2) is 36.4 Å². The number of carbonyl (C=O) groups excluding carboxylic acids is 1. The number of anilines is 1. The van der Waals surface area contributed by atoms with Gasteiger partial charge in [-0.15, -0.1) is 0 Å². The van der Waals surface area contributed by atoms with E-state index in [2.05, 4.69) is 4.98 Å². The third kappa shape index (κ3) is 4.24. The fourth-order valence-corrected chi connectivity index (χ4v) is 2.73. The number of carbonyl (C=O) groups is 1. The summed E-state index contributed by atoms with van der Waals surface area (Å²) < 4.78 is 24.6. The molecule has 0 bridgehead atoms. The van der Waals surface area contributed by atoms with Crippen molar-refractivity contribution in [3.8, 4) is 5.75 Å². The van der Waals surface area contributed by atoms with E-state index in [1.165, 1.54) is 12.1 Å². The van der Waals surface area contributed by atoms with Crippen molar-refractivity contribution in [2.75, 3.05) is 32.0 Å². The quantitative estimate of drug-likeness (QED) is 0.918. The number of benzene rings is 1. The highest BCUT2D eigenvalue weighted by atomic mass is 19.1. The second-order valence-electron chi connectivity index (χ2n) is 5.89. The van der Waals surface area contributed by atoms with E-state index in [4.69, 9.17) is 15.2 Å². The largest absolute Gasteiger partial charge is 0.481 e. The summed E-state index contributed by atoms with van der Waals surface area (Å²) in [6.07, 6.45) is -0.339. The Kier molecular flexibility index (Phi) is 5.14. The zero-order chi connectivity index (χ0) is 17.8. The van der Waals surface area contributed by atoms with E-state index >= 15 is 0 Å². The van der Waals surface area contributed by atoms with E-state index in [0.29, 0.717) is 31.1 Å². The first-order valence-corrected chi connectivity index (χ1v) is 8.03. The molecule has 1 fully saturated rings. The predicted molar refractivity (Wildman–Crippen MR) is 90.6 cm³/mol. The molecule has 7 heteroatoms. The Morgan fingerprint density at radius 1 is 1.44 bits per heavy atom. The van der Waals surface area contributed by atoms with Gasteiger partial charge in [-0.25, -0.2) is 4.39 Å². The first-order valence-electron chi connectivity index (χ1n) is 8.03. The minimum absolute atomic E-state index is 0.0637. The molecule has 132 valence electrons. The molecule has 6 nitrogen and oxygen atoms in total. The number of ether oxygens (including phenoxy) is 2. The number of aromatic nitrogens is 1. The molecule has 3 rings (SSSR count). The van der Waals surface area contributed by atoms with Crippen LogP contribution in [0.4, 0.5) is 10.1 Å². The number of nitrogen functional groups attached to an aromatic ring is 1. The van der Waals surface area contributed by atoms with Gasteiger partial charge in [-0.3, -0.25) is 9.78 Å². The highest BCUT2D eigenvalue weighted by Crippen LogP contribution is 2.23. The van der Waals surface area contributed by atoms with Gasteiger partial charge in [-0.2, -0.15) is 0 Å². The van der Waals surface area contributed by atoms with E-state index < -0.39 is 5.82 Å². The van der Waals surface area contributed by atoms with Crippen molar-refractivity contribution in [1.82, 2.24) is 9.88 Å². The molecule has 1 aromatic heterocycles. The van der Waals surface area contributed by atoms with Crippen LogP contribution in [0.2, 0.25) is 0 Å². The average molecular weight is 345 g/mol. The number of halogens is 1. The van der Waals surface area contributed by atoms with Crippen LogP contribution in [0.5, 0.6) is 5.75 Å². The van der Waals surface area contributed by atoms with Crippen molar-refractivity contribution >= 4 is 11.6 Å². The van der Waals surface area contributed by atoms with Crippen LogP contribution >= 0.6 is 0 Å². The molecule has 0 radical (unpaired) electrons. The summed E-state index contributed by atoms with van der Waals surface area (Å²) in [5, 5.41) is 0. The first-order chi connectivity index (χ1) is 12.0. The standard InChI is InChI=1S/C18H20FN3O3/c1-12-8-13(20)9-15(21-12)17-10-22(6-7-24-17)18(23)11-25-16-5-3-2-4-14(16)19/h2-5,8-9,17H,6-7,10-11H2,1H3,(H2,20,21). The molecule has 2 heterocycles. The van der Waals surface area contributed by atoms with E-state index in [-0.39, 0.29) is 24.4 Å². The topological polar surface area (TPSA) is 77.7 Å². The van der Waals surface area contributed by atoms with Gasteiger partial charge in [0, 0.05) is 17.9 Å². The zero-order valence-electron chi connectivity index (χ0n) is 13.9. The Balaban J connectivity index is 1.62. The van der Waals surface area contributed by atoms with Crippen molar-refractivity contribution in [3.63, 3.8) is 0 Å². The summed E-state index contributed by atoms with van der Waals surface area (Å²) in [5.41, 5.74) is 7.96. The molecule has 0 saturated carbocycles. The molecule has 1 unspecified atom stereocenters. The van der Waals surface area contributed by atoms with Gasteiger partial charge in [-0.1, -0.05) is 12.1 Å². The molecule has 2 N–H and O–H groups in total. The number of aryl methyl sites for hydroxylation is 1. The molecule has 1 atom stereocenters. The molecule has 1 aliphatic heterocycles. The predicted octanol–water partition coefficient (Wildman–Crippen LogP) is 2.09. The maximum atomic E-state index is 13.6. The molecule has 1 amide bonds. The maximum Gasteiger partial charge on any atom is 0.260 e. The molecule has 1 aliphatic rings. The second-order valence-corrected chi connectivity index (χ2v) is 5.89. The Labute approximate surface area is 145 Å². The van der Waals surface area contributed by atoms with Crippen molar-refractivity contribution in [3.05, 3.63) is 53.6 Å². The van der Waals surface area contributed by atoms with Crippen LogP contribution in [0.3, 0.4) is 0 Å². The molecular weight excluding hydrogens is 325 g/mol. The van der Waals surface area contributed by atoms with Gasteiger partial charge in [-0.05, 0) is 31.2 Å². The number of pyridine rings is 1. The van der Waals surface area contributed by atoms with Crippen LogP contribution in [-0.4, -0.2) is 42.1 Å². The van der Waals surface area contributed by atoms with Crippen molar-refractivity contribution in [2.45, 2.75) is 13.0 Å². The number of hydrogen-bond donors (Lipinski definition) is 1. The number of nitrogens with zero attached hydrogens (tertiary/aromatic N) is 2. The summed E-state index contributed by atoms with van der Waals surface area (Å²) in [5.74, 6) is -0.652. The van der Waals surface area contributed by atoms with Crippen LogP contribution in [0, 0.1) is 12.7 Å². The Morgan fingerprint density at radius 3 is 3.00 bits per heavy atom. The SMILES string of the molecule is Cc1cc(N)cc(C2CN(C(=O)COc3ccccc3F)CCO2)n1. The Morgan fingerprint density at radius 2 is 2.24 bits per heavy atom. The van der Waals surface area contributed by atoms with Crippen LogP contribution in [0.1, 0.15) is 17.5 Å². The number of rotatable bonds is 4. The number of morpholine rings is 1. The lowest BCUT2D eigenvalue weighted by molar-refractivity contribution is -0.141. The number of amides is 1. The fourth-order valence-electron chi connectivity index (χ4n) is 2.73. The van der Waals surface area contributed by atoms with Gasteiger partial charge >= 0.3 is 0 Å². The normalized spacial score (nSPS) is 17.4. The van der Waals surface area contributed by atoms with Crippen molar-refractivity contribution < 1.29 is 18.7 Å². The van der Waals surface area contributed by atoms with Crippen LogP contribution < -0.4 is 10.5 Å². The van der Waals surface area contributed by atoms with Gasteiger partial charge in [0.15, 0.2) is 18.2 Å². The van der Waals surface area contributed by atoms with Crippen LogP contribution in [0.25, 0.3) is 0 Å². The van der Waals surface area contributed by atoms with E-state index in [1.807, 2.05) is 6.92 Å². The second kappa shape index (κ2) is 7.48. The minimum Gasteiger partial charge on any atom is -0.481 e. The van der Waals surface area contributed by atoms with Gasteiger partial charge in [0.2, 0.25) is 0 Å². The third-order valence-corrected chi connectivity index (χ3v) is 3.93. The van der Waals surface area contributed by atoms with E-state index in [9.17, 15) is 9.18 Å². The Hall–Kier alpha value is -2.67. The molecule has 1 saturated heterocycles. The van der Waals surface area contributed by atoms with E-state index in [1.54, 1.807) is 29.2 Å². The monoisotopic (exact) mass is 345 g/mol. The van der Waals surface area contributed by atoms with E-state index in [0.717, 1.165) is 5.69 Å². The molecule has 1 aromatic carbocycles. The number of para-hydroxylation sites is 1. The highest BCUT2D eigenvalue weighted by Gasteiger charge is 2.27. The fraction of sp³-hybridized carbons (Fsp3) is 0.333. The maximum absolute atomic E-state index is 13.6. The van der Waals surface area contributed by atoms with Gasteiger partial charge in [0.05, 0.1) is 18.8 Å². The smallest absolute Gasteiger partial charge is 0.260 e. The van der Waals surface area contributed by atoms with Gasteiger partial charge in [0.1, 0.15) is 6.10 Å². The summed E-state index contributed by atoms with van der Waals surface area (Å²) in [6.45, 7) is 2.84. The first kappa shape index (κ1) is 17.2. The molecule has 0 spiro atoms. The summed E-state index contributed by atoms with van der Waals surface area (Å²) in [6, 6.07) is 9.53. The summed E-state index contributed by atoms with van der Waals surface area (Å²) >= 11 is 0. The molecular formula is C18H20FN3O3. The lowest BCUT2D eigenvalue weighted by Gasteiger charge is -2.32. The highest BCUT2D eigenvalue weighted by molar-refractivity contribution is 5.78. The average Bonchev–Trinajstić information content (AvgIpc) is 2.60. The molecule has 0 aliphatic carbocycles. The van der Waals surface area contributed by atoms with Gasteiger partial charge < -0.3 is 20.1 Å². The lowest BCUT2D eigenvalue weighted by Crippen LogP contribution is -2.44. The summed E-state index contributed by atoms with van der Waals surface area (Å²) in [7, 11) is 0. The van der Waals surface area contributed by atoms with Crippen molar-refractivity contribution in [1.29, 1.82) is 0 Å². The minimum atomic E-state index is -0.491. The van der Waals surface area contributed by atoms with Crippen LogP contribution in [-0.2, 0) is 9.53 Å². The summed E-state index contributed by atoms with van der Waals surface area (Å²) in [4.78, 5) is 18.4. The Bertz CT molecular complexity index is 749. The van der Waals surface area contributed by atoms with Gasteiger partial charge in [0.25, 0.3) is 5.91 Å². The number of nitrogens with two attached hydrogens (primary N) is 1. The number of hydrogen-bond acceptors (Lipinski definition) is 5.